The van der Waals surface area contributed by atoms with Crippen LogP contribution in [-0.4, -0.2) is 40.2 Å². The molecule has 0 heterocycles. The number of thioether (sulfide) groups is 1. The van der Waals surface area contributed by atoms with Gasteiger partial charge in [-0.25, -0.2) is 4.39 Å². The minimum atomic E-state index is -0.940. The van der Waals surface area contributed by atoms with Crippen molar-refractivity contribution in [2.75, 3.05) is 12.3 Å². The Morgan fingerprint density at radius 1 is 1.35 bits per heavy atom. The summed E-state index contributed by atoms with van der Waals surface area (Å²) >= 11 is 1.12. The summed E-state index contributed by atoms with van der Waals surface area (Å²) in [4.78, 5) is 24.6. The average molecular weight is 299 g/mol. The van der Waals surface area contributed by atoms with Crippen LogP contribution in [0.2, 0.25) is 0 Å². The van der Waals surface area contributed by atoms with Gasteiger partial charge in [-0.2, -0.15) is 0 Å². The van der Waals surface area contributed by atoms with Crippen molar-refractivity contribution in [2.45, 2.75) is 31.2 Å². The van der Waals surface area contributed by atoms with Crippen molar-refractivity contribution in [1.82, 2.24) is 4.90 Å². The number of nitrogens with zero attached hydrogens (tertiary/aromatic N) is 1. The molecule has 6 heteroatoms. The topological polar surface area (TPSA) is 57.6 Å². The molecule has 0 aromatic heterocycles. The molecule has 1 aromatic carbocycles. The zero-order valence-electron chi connectivity index (χ0n) is 11.5. The highest BCUT2D eigenvalue weighted by Crippen LogP contribution is 2.21. The second-order valence-corrected chi connectivity index (χ2v) is 5.56. The number of carbonyl (C=O) groups excluding carboxylic acids is 1. The van der Waals surface area contributed by atoms with Crippen molar-refractivity contribution < 1.29 is 19.1 Å². The lowest BCUT2D eigenvalue weighted by Gasteiger charge is -2.26. The Morgan fingerprint density at radius 3 is 2.55 bits per heavy atom. The van der Waals surface area contributed by atoms with E-state index in [-0.39, 0.29) is 36.5 Å². The standard InChI is InChI=1S/C14H18FNO3S/c1-10(2)16(8-7-14(18)19)13(17)9-20-12-6-4-3-5-11(12)15/h3-6,10H,7-9H2,1-2H3,(H,18,19). The van der Waals surface area contributed by atoms with E-state index in [0.29, 0.717) is 4.90 Å². The molecule has 0 saturated heterocycles. The van der Waals surface area contributed by atoms with E-state index in [1.54, 1.807) is 18.2 Å². The third kappa shape index (κ3) is 5.21. The summed E-state index contributed by atoms with van der Waals surface area (Å²) < 4.78 is 13.4. The second kappa shape index (κ2) is 7.89. The number of halogens is 1. The molecular formula is C14H18FNO3S. The summed E-state index contributed by atoms with van der Waals surface area (Å²) in [6.07, 6.45) is -0.0890. The predicted octanol–water partition coefficient (Wildman–Crippen LogP) is 2.63. The quantitative estimate of drug-likeness (QED) is 0.786. The largest absolute Gasteiger partial charge is 0.481 e. The van der Waals surface area contributed by atoms with Crippen molar-refractivity contribution >= 4 is 23.6 Å². The van der Waals surface area contributed by atoms with Crippen LogP contribution < -0.4 is 0 Å². The fourth-order valence-corrected chi connectivity index (χ4v) is 2.50. The smallest absolute Gasteiger partial charge is 0.305 e. The van der Waals surface area contributed by atoms with Gasteiger partial charge in [0, 0.05) is 17.5 Å². The molecule has 1 N–H and O–H groups in total. The SMILES string of the molecule is CC(C)N(CCC(=O)O)C(=O)CSc1ccccc1F. The Morgan fingerprint density at radius 2 is 2.00 bits per heavy atom. The van der Waals surface area contributed by atoms with Crippen LogP contribution in [0.1, 0.15) is 20.3 Å². The van der Waals surface area contributed by atoms with Gasteiger partial charge >= 0.3 is 5.97 Å². The van der Waals surface area contributed by atoms with Crippen molar-refractivity contribution in [3.8, 4) is 0 Å². The first kappa shape index (κ1) is 16.5. The summed E-state index contributed by atoms with van der Waals surface area (Å²) in [5.41, 5.74) is 0. The third-order valence-corrected chi connectivity index (χ3v) is 3.73. The third-order valence-electron chi connectivity index (χ3n) is 2.70. The number of hydrogen-bond acceptors (Lipinski definition) is 3. The maximum Gasteiger partial charge on any atom is 0.305 e. The van der Waals surface area contributed by atoms with Crippen molar-refractivity contribution in [2.24, 2.45) is 0 Å². The molecule has 0 fully saturated rings. The number of carboxylic acids is 1. The minimum Gasteiger partial charge on any atom is -0.481 e. The molecule has 0 atom stereocenters. The highest BCUT2D eigenvalue weighted by Gasteiger charge is 2.18. The molecule has 0 bridgehead atoms. The van der Waals surface area contributed by atoms with Gasteiger partial charge in [0.1, 0.15) is 5.82 Å². The van der Waals surface area contributed by atoms with Gasteiger partial charge in [-0.3, -0.25) is 9.59 Å². The number of aliphatic carboxylic acids is 1. The summed E-state index contributed by atoms with van der Waals surface area (Å²) in [5.74, 6) is -1.38. The van der Waals surface area contributed by atoms with Crippen molar-refractivity contribution in [1.29, 1.82) is 0 Å². The Hall–Kier alpha value is -1.56. The van der Waals surface area contributed by atoms with Crippen LogP contribution in [0.25, 0.3) is 0 Å². The van der Waals surface area contributed by atoms with E-state index in [4.69, 9.17) is 5.11 Å². The summed E-state index contributed by atoms with van der Waals surface area (Å²) in [6, 6.07) is 6.18. The Labute approximate surface area is 122 Å². The number of carboxylic acid groups (broad SMARTS) is 1. The van der Waals surface area contributed by atoms with Crippen molar-refractivity contribution in [3.05, 3.63) is 30.1 Å². The van der Waals surface area contributed by atoms with E-state index in [0.717, 1.165) is 11.8 Å². The number of benzene rings is 1. The van der Waals surface area contributed by atoms with Crippen molar-refractivity contribution in [3.63, 3.8) is 0 Å². The van der Waals surface area contributed by atoms with Gasteiger partial charge in [0.25, 0.3) is 0 Å². The van der Waals surface area contributed by atoms with Crippen LogP contribution in [0.5, 0.6) is 0 Å². The highest BCUT2D eigenvalue weighted by atomic mass is 32.2. The molecule has 110 valence electrons. The predicted molar refractivity (Wildman–Crippen MR) is 76.2 cm³/mol. The maximum atomic E-state index is 13.4. The number of hydrogen-bond donors (Lipinski definition) is 1. The maximum absolute atomic E-state index is 13.4. The normalized spacial score (nSPS) is 10.6. The molecule has 0 aliphatic carbocycles. The molecule has 0 radical (unpaired) electrons. The Bertz CT molecular complexity index is 479. The lowest BCUT2D eigenvalue weighted by molar-refractivity contribution is -0.138. The molecule has 1 aromatic rings. The van der Waals surface area contributed by atoms with Crippen LogP contribution >= 0.6 is 11.8 Å². The van der Waals surface area contributed by atoms with E-state index >= 15 is 0 Å². The fraction of sp³-hybridized carbons (Fsp3) is 0.429. The lowest BCUT2D eigenvalue weighted by atomic mass is 10.3. The molecule has 1 rings (SSSR count). The Balaban J connectivity index is 2.58. The molecule has 0 aliphatic rings. The molecular weight excluding hydrogens is 281 g/mol. The average Bonchev–Trinajstić information content (AvgIpc) is 2.37. The first-order chi connectivity index (χ1) is 9.41. The van der Waals surface area contributed by atoms with Gasteiger partial charge in [0.2, 0.25) is 5.91 Å². The number of rotatable bonds is 7. The molecule has 0 aliphatic heterocycles. The number of amides is 1. The Kier molecular flexibility index (Phi) is 6.51. The van der Waals surface area contributed by atoms with Crippen LogP contribution in [0.15, 0.2) is 29.2 Å². The summed E-state index contributed by atoms with van der Waals surface area (Å²) in [5, 5.41) is 8.68. The first-order valence-corrected chi connectivity index (χ1v) is 7.29. The van der Waals surface area contributed by atoms with E-state index in [9.17, 15) is 14.0 Å². The van der Waals surface area contributed by atoms with Crippen LogP contribution in [-0.2, 0) is 9.59 Å². The summed E-state index contributed by atoms with van der Waals surface area (Å²) in [7, 11) is 0. The van der Waals surface area contributed by atoms with Gasteiger partial charge in [-0.05, 0) is 26.0 Å². The summed E-state index contributed by atoms with van der Waals surface area (Å²) in [6.45, 7) is 3.82. The van der Waals surface area contributed by atoms with E-state index in [2.05, 4.69) is 0 Å². The molecule has 0 spiro atoms. The number of carbonyl (C=O) groups is 2. The van der Waals surface area contributed by atoms with Crippen LogP contribution in [0.4, 0.5) is 4.39 Å². The lowest BCUT2D eigenvalue weighted by Crippen LogP contribution is -2.39. The van der Waals surface area contributed by atoms with Gasteiger partial charge < -0.3 is 10.0 Å². The molecule has 4 nitrogen and oxygen atoms in total. The van der Waals surface area contributed by atoms with Gasteiger partial charge in [-0.1, -0.05) is 12.1 Å². The van der Waals surface area contributed by atoms with Gasteiger partial charge in [0.05, 0.1) is 12.2 Å². The van der Waals surface area contributed by atoms with E-state index in [1.165, 1.54) is 11.0 Å². The fourth-order valence-electron chi connectivity index (χ4n) is 1.67. The van der Waals surface area contributed by atoms with Gasteiger partial charge in [0.15, 0.2) is 0 Å². The zero-order valence-corrected chi connectivity index (χ0v) is 12.3. The monoisotopic (exact) mass is 299 g/mol. The van der Waals surface area contributed by atoms with E-state index < -0.39 is 5.97 Å². The second-order valence-electron chi connectivity index (χ2n) is 4.54. The zero-order chi connectivity index (χ0) is 15.1. The van der Waals surface area contributed by atoms with E-state index in [1.807, 2.05) is 13.8 Å². The minimum absolute atomic E-state index is 0.0805. The molecule has 1 amide bonds. The highest BCUT2D eigenvalue weighted by molar-refractivity contribution is 8.00. The van der Waals surface area contributed by atoms with Gasteiger partial charge in [-0.15, -0.1) is 11.8 Å². The van der Waals surface area contributed by atoms with Crippen LogP contribution in [0, 0.1) is 5.82 Å². The molecule has 20 heavy (non-hydrogen) atoms. The first-order valence-electron chi connectivity index (χ1n) is 6.30. The van der Waals surface area contributed by atoms with Crippen LogP contribution in [0.3, 0.4) is 0 Å². The molecule has 0 unspecified atom stereocenters. The molecule has 0 saturated carbocycles.